The standard InChI is InChI=1S/C14H21N3O2/c1-11(2)10-19-8-7-16-9-12-3-5-13(6-4-12)14(15)17-18/h3-6,16,18H,1,7-10H2,2H3,(H2,15,17). The quantitative estimate of drug-likeness (QED) is 0.166. The van der Waals surface area contributed by atoms with Crippen LogP contribution in [0.15, 0.2) is 41.6 Å². The zero-order chi connectivity index (χ0) is 14.1. The van der Waals surface area contributed by atoms with E-state index >= 15 is 0 Å². The van der Waals surface area contributed by atoms with Gasteiger partial charge in [0.25, 0.3) is 0 Å². The van der Waals surface area contributed by atoms with Gasteiger partial charge in [-0.25, -0.2) is 0 Å². The first-order valence-electron chi connectivity index (χ1n) is 6.13. The molecule has 0 heterocycles. The van der Waals surface area contributed by atoms with Gasteiger partial charge in [0.05, 0.1) is 13.2 Å². The van der Waals surface area contributed by atoms with Gasteiger partial charge in [0.1, 0.15) is 0 Å². The van der Waals surface area contributed by atoms with E-state index in [1.807, 2.05) is 31.2 Å². The summed E-state index contributed by atoms with van der Waals surface area (Å²) in [6.07, 6.45) is 0. The molecule has 0 atom stereocenters. The molecule has 0 saturated heterocycles. The third-order valence-electron chi connectivity index (χ3n) is 2.46. The highest BCUT2D eigenvalue weighted by Crippen LogP contribution is 2.03. The number of nitrogens with one attached hydrogen (secondary N) is 1. The highest BCUT2D eigenvalue weighted by Gasteiger charge is 1.99. The van der Waals surface area contributed by atoms with E-state index in [0.717, 1.165) is 24.2 Å². The van der Waals surface area contributed by atoms with Crippen molar-refractivity contribution in [1.82, 2.24) is 5.32 Å². The van der Waals surface area contributed by atoms with Crippen molar-refractivity contribution in [2.24, 2.45) is 10.9 Å². The molecular formula is C14H21N3O2. The Morgan fingerprint density at radius 1 is 1.42 bits per heavy atom. The average Bonchev–Trinajstić information content (AvgIpc) is 2.42. The van der Waals surface area contributed by atoms with E-state index in [2.05, 4.69) is 17.1 Å². The van der Waals surface area contributed by atoms with Gasteiger partial charge in [-0.15, -0.1) is 0 Å². The molecule has 1 rings (SSSR count). The third-order valence-corrected chi connectivity index (χ3v) is 2.46. The van der Waals surface area contributed by atoms with E-state index in [-0.39, 0.29) is 5.84 Å². The predicted molar refractivity (Wildman–Crippen MR) is 76.3 cm³/mol. The Bertz CT molecular complexity index is 427. The minimum Gasteiger partial charge on any atom is -0.409 e. The molecule has 19 heavy (non-hydrogen) atoms. The molecule has 0 unspecified atom stereocenters. The summed E-state index contributed by atoms with van der Waals surface area (Å²) in [5.41, 5.74) is 8.35. The van der Waals surface area contributed by atoms with Crippen LogP contribution in [0.25, 0.3) is 0 Å². The topological polar surface area (TPSA) is 79.9 Å². The Balaban J connectivity index is 2.25. The van der Waals surface area contributed by atoms with Crippen molar-refractivity contribution in [2.45, 2.75) is 13.5 Å². The highest BCUT2D eigenvalue weighted by atomic mass is 16.5. The Morgan fingerprint density at radius 3 is 2.68 bits per heavy atom. The number of ether oxygens (including phenoxy) is 1. The van der Waals surface area contributed by atoms with Crippen LogP contribution in [0.3, 0.4) is 0 Å². The second-order valence-corrected chi connectivity index (χ2v) is 4.37. The average molecular weight is 263 g/mol. The number of hydrogen-bond donors (Lipinski definition) is 3. The lowest BCUT2D eigenvalue weighted by molar-refractivity contribution is 0.158. The number of rotatable bonds is 8. The largest absolute Gasteiger partial charge is 0.409 e. The molecule has 0 aromatic heterocycles. The van der Waals surface area contributed by atoms with Crippen LogP contribution < -0.4 is 11.1 Å². The van der Waals surface area contributed by atoms with Gasteiger partial charge in [-0.05, 0) is 12.5 Å². The summed E-state index contributed by atoms with van der Waals surface area (Å²) in [5, 5.41) is 14.8. The SMILES string of the molecule is C=C(C)COCCNCc1ccc(/C(N)=N/O)cc1. The maximum absolute atomic E-state index is 8.55. The molecule has 0 aliphatic carbocycles. The highest BCUT2D eigenvalue weighted by molar-refractivity contribution is 5.96. The Hall–Kier alpha value is -1.85. The van der Waals surface area contributed by atoms with Crippen molar-refractivity contribution >= 4 is 5.84 Å². The van der Waals surface area contributed by atoms with Crippen LogP contribution in [-0.2, 0) is 11.3 Å². The van der Waals surface area contributed by atoms with Crippen LogP contribution >= 0.6 is 0 Å². The summed E-state index contributed by atoms with van der Waals surface area (Å²) in [6, 6.07) is 7.53. The fourth-order valence-electron chi connectivity index (χ4n) is 1.47. The summed E-state index contributed by atoms with van der Waals surface area (Å²) in [7, 11) is 0. The summed E-state index contributed by atoms with van der Waals surface area (Å²) in [6.45, 7) is 8.52. The Morgan fingerprint density at radius 2 is 2.11 bits per heavy atom. The molecular weight excluding hydrogens is 242 g/mol. The molecule has 1 aromatic carbocycles. The lowest BCUT2D eigenvalue weighted by atomic mass is 10.1. The lowest BCUT2D eigenvalue weighted by Gasteiger charge is -2.07. The first kappa shape index (κ1) is 15.2. The molecule has 5 nitrogen and oxygen atoms in total. The second kappa shape index (κ2) is 8.29. The molecule has 0 fully saturated rings. The number of amidine groups is 1. The molecule has 0 saturated carbocycles. The van der Waals surface area contributed by atoms with Gasteiger partial charge in [-0.2, -0.15) is 0 Å². The van der Waals surface area contributed by atoms with E-state index in [1.165, 1.54) is 0 Å². The van der Waals surface area contributed by atoms with Crippen molar-refractivity contribution in [3.05, 3.63) is 47.5 Å². The minimum atomic E-state index is 0.118. The van der Waals surface area contributed by atoms with E-state index in [9.17, 15) is 0 Å². The number of nitrogens with zero attached hydrogens (tertiary/aromatic N) is 1. The number of oxime groups is 1. The van der Waals surface area contributed by atoms with Crippen molar-refractivity contribution in [2.75, 3.05) is 19.8 Å². The fourth-order valence-corrected chi connectivity index (χ4v) is 1.47. The Labute approximate surface area is 113 Å². The van der Waals surface area contributed by atoms with Crippen LogP contribution in [0.2, 0.25) is 0 Å². The van der Waals surface area contributed by atoms with E-state index in [4.69, 9.17) is 15.7 Å². The van der Waals surface area contributed by atoms with Crippen molar-refractivity contribution in [3.8, 4) is 0 Å². The monoisotopic (exact) mass is 263 g/mol. The van der Waals surface area contributed by atoms with Gasteiger partial charge < -0.3 is 21.0 Å². The van der Waals surface area contributed by atoms with Gasteiger partial charge >= 0.3 is 0 Å². The van der Waals surface area contributed by atoms with Crippen molar-refractivity contribution in [3.63, 3.8) is 0 Å². The van der Waals surface area contributed by atoms with Gasteiger partial charge in [0, 0.05) is 18.7 Å². The predicted octanol–water partition coefficient (Wildman–Crippen LogP) is 1.46. The van der Waals surface area contributed by atoms with Crippen molar-refractivity contribution in [1.29, 1.82) is 0 Å². The minimum absolute atomic E-state index is 0.118. The van der Waals surface area contributed by atoms with Crippen LogP contribution in [0.1, 0.15) is 18.1 Å². The van der Waals surface area contributed by atoms with Crippen LogP contribution in [0.4, 0.5) is 0 Å². The summed E-state index contributed by atoms with van der Waals surface area (Å²) in [5.74, 6) is 0.118. The zero-order valence-corrected chi connectivity index (χ0v) is 11.2. The first-order chi connectivity index (χ1) is 9.13. The molecule has 0 bridgehead atoms. The molecule has 104 valence electrons. The fraction of sp³-hybridized carbons (Fsp3) is 0.357. The molecule has 0 spiro atoms. The maximum Gasteiger partial charge on any atom is 0.170 e. The number of benzene rings is 1. The molecule has 1 aromatic rings. The maximum atomic E-state index is 8.55. The van der Waals surface area contributed by atoms with Crippen LogP contribution in [0, 0.1) is 0 Å². The zero-order valence-electron chi connectivity index (χ0n) is 11.2. The summed E-state index contributed by atoms with van der Waals surface area (Å²) >= 11 is 0. The lowest BCUT2D eigenvalue weighted by Crippen LogP contribution is -2.19. The van der Waals surface area contributed by atoms with E-state index < -0.39 is 0 Å². The van der Waals surface area contributed by atoms with Crippen molar-refractivity contribution < 1.29 is 9.94 Å². The summed E-state index contributed by atoms with van der Waals surface area (Å²) < 4.78 is 5.38. The third kappa shape index (κ3) is 6.03. The second-order valence-electron chi connectivity index (χ2n) is 4.37. The van der Waals surface area contributed by atoms with Gasteiger partial charge in [0.15, 0.2) is 5.84 Å². The summed E-state index contributed by atoms with van der Waals surface area (Å²) in [4.78, 5) is 0. The molecule has 0 aliphatic heterocycles. The van der Waals surface area contributed by atoms with Gasteiger partial charge in [-0.1, -0.05) is 41.6 Å². The van der Waals surface area contributed by atoms with Gasteiger partial charge in [-0.3, -0.25) is 0 Å². The van der Waals surface area contributed by atoms with Crippen LogP contribution in [0.5, 0.6) is 0 Å². The van der Waals surface area contributed by atoms with E-state index in [0.29, 0.717) is 18.8 Å². The number of nitrogens with two attached hydrogens (primary N) is 1. The molecule has 4 N–H and O–H groups in total. The Kier molecular flexibility index (Phi) is 6.63. The molecule has 0 radical (unpaired) electrons. The van der Waals surface area contributed by atoms with E-state index in [1.54, 1.807) is 0 Å². The molecule has 0 amide bonds. The first-order valence-corrected chi connectivity index (χ1v) is 6.13. The van der Waals surface area contributed by atoms with Gasteiger partial charge in [0.2, 0.25) is 0 Å². The number of hydrogen-bond acceptors (Lipinski definition) is 4. The smallest absolute Gasteiger partial charge is 0.170 e. The molecule has 0 aliphatic rings. The normalized spacial score (nSPS) is 11.5. The van der Waals surface area contributed by atoms with Crippen LogP contribution in [-0.4, -0.2) is 30.8 Å². The molecule has 5 heteroatoms.